The lowest BCUT2D eigenvalue weighted by atomic mass is 10.1. The second-order valence-electron chi connectivity index (χ2n) is 5.70. The van der Waals surface area contributed by atoms with E-state index in [1.54, 1.807) is 55.3 Å². The predicted octanol–water partition coefficient (Wildman–Crippen LogP) is 2.65. The van der Waals surface area contributed by atoms with Crippen molar-refractivity contribution in [3.63, 3.8) is 0 Å². The van der Waals surface area contributed by atoms with Crippen LogP contribution in [0.3, 0.4) is 0 Å². The van der Waals surface area contributed by atoms with Crippen molar-refractivity contribution in [3.8, 4) is 0 Å². The van der Waals surface area contributed by atoms with Crippen LogP contribution in [0.5, 0.6) is 0 Å². The number of benzene rings is 2. The third-order valence-corrected chi connectivity index (χ3v) is 3.78. The second kappa shape index (κ2) is 8.24. The maximum Gasteiger partial charge on any atom is 0.251 e. The summed E-state index contributed by atoms with van der Waals surface area (Å²) in [4.78, 5) is 26.0. The molecule has 126 valence electrons. The van der Waals surface area contributed by atoms with E-state index in [9.17, 15) is 14.0 Å². The van der Waals surface area contributed by atoms with Crippen LogP contribution in [0.4, 0.5) is 4.39 Å². The molecule has 0 aliphatic heterocycles. The standard InChI is InChI=1S/C19H21FN2O2/c1-14(21-18(23)16-6-4-3-5-7-16)19(24)22(2)13-12-15-8-10-17(20)11-9-15/h3-11,14H,12-13H2,1-2H3,(H,21,23). The molecule has 0 fully saturated rings. The highest BCUT2D eigenvalue weighted by molar-refractivity contribution is 5.97. The molecule has 1 N–H and O–H groups in total. The smallest absolute Gasteiger partial charge is 0.251 e. The molecule has 2 rings (SSSR count). The number of amides is 2. The number of carbonyl (C=O) groups is 2. The summed E-state index contributed by atoms with van der Waals surface area (Å²) in [5, 5.41) is 2.70. The monoisotopic (exact) mass is 328 g/mol. The molecule has 2 aromatic rings. The third-order valence-electron chi connectivity index (χ3n) is 3.78. The van der Waals surface area contributed by atoms with Gasteiger partial charge in [-0.2, -0.15) is 0 Å². The van der Waals surface area contributed by atoms with Crippen molar-refractivity contribution in [3.05, 3.63) is 71.5 Å². The summed E-state index contributed by atoms with van der Waals surface area (Å²) in [6.45, 7) is 2.16. The Hall–Kier alpha value is -2.69. The Bertz CT molecular complexity index is 686. The predicted molar refractivity (Wildman–Crippen MR) is 91.1 cm³/mol. The van der Waals surface area contributed by atoms with Gasteiger partial charge in [-0.3, -0.25) is 9.59 Å². The lowest BCUT2D eigenvalue weighted by Crippen LogP contribution is -2.46. The number of hydrogen-bond acceptors (Lipinski definition) is 2. The summed E-state index contributed by atoms with van der Waals surface area (Å²) in [5.74, 6) is -0.717. The Balaban J connectivity index is 1.85. The molecule has 0 radical (unpaired) electrons. The zero-order chi connectivity index (χ0) is 17.5. The molecule has 5 heteroatoms. The van der Waals surface area contributed by atoms with Gasteiger partial charge in [0.25, 0.3) is 5.91 Å². The Kier molecular flexibility index (Phi) is 6.07. The van der Waals surface area contributed by atoms with Gasteiger partial charge in [-0.15, -0.1) is 0 Å². The van der Waals surface area contributed by atoms with E-state index in [1.165, 1.54) is 12.1 Å². The number of nitrogens with zero attached hydrogens (tertiary/aromatic N) is 1. The van der Waals surface area contributed by atoms with E-state index in [0.717, 1.165) is 5.56 Å². The first-order chi connectivity index (χ1) is 11.5. The fraction of sp³-hybridized carbons (Fsp3) is 0.263. The van der Waals surface area contributed by atoms with Crippen LogP contribution in [0.1, 0.15) is 22.8 Å². The molecule has 0 bridgehead atoms. The molecule has 0 saturated heterocycles. The molecule has 24 heavy (non-hydrogen) atoms. The summed E-state index contributed by atoms with van der Waals surface area (Å²) in [5.41, 5.74) is 1.48. The van der Waals surface area contributed by atoms with Gasteiger partial charge >= 0.3 is 0 Å². The highest BCUT2D eigenvalue weighted by Gasteiger charge is 2.19. The van der Waals surface area contributed by atoms with E-state index < -0.39 is 6.04 Å². The number of carbonyl (C=O) groups excluding carboxylic acids is 2. The summed E-state index contributed by atoms with van der Waals surface area (Å²) < 4.78 is 12.9. The van der Waals surface area contributed by atoms with E-state index in [4.69, 9.17) is 0 Å². The topological polar surface area (TPSA) is 49.4 Å². The molecular formula is C19H21FN2O2. The van der Waals surface area contributed by atoms with Gasteiger partial charge < -0.3 is 10.2 Å². The largest absolute Gasteiger partial charge is 0.344 e. The van der Waals surface area contributed by atoms with Crippen molar-refractivity contribution in [2.24, 2.45) is 0 Å². The summed E-state index contributed by atoms with van der Waals surface area (Å²) >= 11 is 0. The minimum absolute atomic E-state index is 0.165. The summed E-state index contributed by atoms with van der Waals surface area (Å²) in [6.07, 6.45) is 0.627. The molecular weight excluding hydrogens is 307 g/mol. The van der Waals surface area contributed by atoms with Crippen LogP contribution in [0.25, 0.3) is 0 Å². The van der Waals surface area contributed by atoms with Crippen LogP contribution < -0.4 is 5.32 Å². The highest BCUT2D eigenvalue weighted by atomic mass is 19.1. The zero-order valence-corrected chi connectivity index (χ0v) is 13.8. The van der Waals surface area contributed by atoms with E-state index in [-0.39, 0.29) is 17.6 Å². The second-order valence-corrected chi connectivity index (χ2v) is 5.70. The average molecular weight is 328 g/mol. The van der Waals surface area contributed by atoms with Gasteiger partial charge in [0.15, 0.2) is 0 Å². The van der Waals surface area contributed by atoms with E-state index in [1.807, 2.05) is 6.07 Å². The molecule has 0 aliphatic rings. The van der Waals surface area contributed by atoms with Crippen molar-refractivity contribution < 1.29 is 14.0 Å². The van der Waals surface area contributed by atoms with Crippen molar-refractivity contribution in [1.29, 1.82) is 0 Å². The van der Waals surface area contributed by atoms with Crippen molar-refractivity contribution in [2.45, 2.75) is 19.4 Å². The van der Waals surface area contributed by atoms with Gasteiger partial charge in [-0.25, -0.2) is 4.39 Å². The molecule has 1 atom stereocenters. The third kappa shape index (κ3) is 4.91. The summed E-state index contributed by atoms with van der Waals surface area (Å²) in [7, 11) is 1.69. The van der Waals surface area contributed by atoms with Gasteiger partial charge in [-0.05, 0) is 43.2 Å². The molecule has 2 aromatic carbocycles. The lowest BCUT2D eigenvalue weighted by Gasteiger charge is -2.22. The van der Waals surface area contributed by atoms with Gasteiger partial charge in [0.05, 0.1) is 0 Å². The van der Waals surface area contributed by atoms with Gasteiger partial charge in [0.2, 0.25) is 5.91 Å². The molecule has 0 saturated carbocycles. The van der Waals surface area contributed by atoms with Gasteiger partial charge in [-0.1, -0.05) is 30.3 Å². The molecule has 0 aliphatic carbocycles. The van der Waals surface area contributed by atoms with Crippen LogP contribution >= 0.6 is 0 Å². The Morgan fingerprint density at radius 2 is 1.71 bits per heavy atom. The Labute approximate surface area is 141 Å². The van der Waals surface area contributed by atoms with Crippen LogP contribution in [0.2, 0.25) is 0 Å². The Morgan fingerprint density at radius 1 is 1.08 bits per heavy atom. The fourth-order valence-corrected chi connectivity index (χ4v) is 2.32. The first-order valence-electron chi connectivity index (χ1n) is 7.82. The van der Waals surface area contributed by atoms with Gasteiger partial charge in [0, 0.05) is 19.2 Å². The van der Waals surface area contributed by atoms with Crippen LogP contribution in [-0.2, 0) is 11.2 Å². The molecule has 0 spiro atoms. The number of hydrogen-bond donors (Lipinski definition) is 1. The quantitative estimate of drug-likeness (QED) is 0.886. The first kappa shape index (κ1) is 17.7. The van der Waals surface area contributed by atoms with E-state index >= 15 is 0 Å². The highest BCUT2D eigenvalue weighted by Crippen LogP contribution is 2.05. The Morgan fingerprint density at radius 3 is 2.33 bits per heavy atom. The summed E-state index contributed by atoms with van der Waals surface area (Å²) in [6, 6.07) is 14.4. The molecule has 4 nitrogen and oxygen atoms in total. The average Bonchev–Trinajstić information content (AvgIpc) is 2.61. The maximum absolute atomic E-state index is 12.9. The minimum atomic E-state index is -0.615. The normalized spacial score (nSPS) is 11.6. The van der Waals surface area contributed by atoms with E-state index in [2.05, 4.69) is 5.32 Å². The van der Waals surface area contributed by atoms with Crippen molar-refractivity contribution in [1.82, 2.24) is 10.2 Å². The van der Waals surface area contributed by atoms with E-state index in [0.29, 0.717) is 18.5 Å². The molecule has 0 aromatic heterocycles. The first-order valence-corrected chi connectivity index (χ1v) is 7.82. The van der Waals surface area contributed by atoms with Gasteiger partial charge in [0.1, 0.15) is 11.9 Å². The molecule has 0 heterocycles. The van der Waals surface area contributed by atoms with Crippen molar-refractivity contribution >= 4 is 11.8 Å². The fourth-order valence-electron chi connectivity index (χ4n) is 2.32. The maximum atomic E-state index is 12.9. The lowest BCUT2D eigenvalue weighted by molar-refractivity contribution is -0.131. The minimum Gasteiger partial charge on any atom is -0.344 e. The molecule has 2 amide bonds. The molecule has 1 unspecified atom stereocenters. The SMILES string of the molecule is CC(NC(=O)c1ccccc1)C(=O)N(C)CCc1ccc(F)cc1. The zero-order valence-electron chi connectivity index (χ0n) is 13.8. The van der Waals surface area contributed by atoms with Crippen molar-refractivity contribution in [2.75, 3.05) is 13.6 Å². The number of halogens is 1. The van der Waals surface area contributed by atoms with Crippen LogP contribution in [0, 0.1) is 5.82 Å². The number of likely N-dealkylation sites (N-methyl/N-ethyl adjacent to an activating group) is 1. The van der Waals surface area contributed by atoms with Crippen LogP contribution in [-0.4, -0.2) is 36.3 Å². The number of rotatable bonds is 6. The number of nitrogens with one attached hydrogen (secondary N) is 1. The van der Waals surface area contributed by atoms with Crippen LogP contribution in [0.15, 0.2) is 54.6 Å².